The SMILES string of the molecule is COc1ccc2[nH]c3c(c2c1)CCN1C(=O)N(c2ccccc2C(=O)NCC(C)C)C(=O)[C@]31C. The van der Waals surface area contributed by atoms with Crippen molar-refractivity contribution in [2.45, 2.75) is 32.7 Å². The van der Waals surface area contributed by atoms with E-state index < -0.39 is 11.6 Å². The number of carbonyl (C=O) groups is 3. The van der Waals surface area contributed by atoms with Crippen LogP contribution in [0.25, 0.3) is 10.9 Å². The van der Waals surface area contributed by atoms with Crippen molar-refractivity contribution in [3.63, 3.8) is 0 Å². The number of urea groups is 1. The Morgan fingerprint density at radius 3 is 2.71 bits per heavy atom. The van der Waals surface area contributed by atoms with Crippen LogP contribution in [0.1, 0.15) is 42.4 Å². The quantitative estimate of drug-likeness (QED) is 0.566. The predicted octanol–water partition coefficient (Wildman–Crippen LogP) is 3.80. The molecule has 3 aromatic rings. The summed E-state index contributed by atoms with van der Waals surface area (Å²) in [4.78, 5) is 46.6. The van der Waals surface area contributed by atoms with E-state index in [0.29, 0.717) is 36.5 Å². The fourth-order valence-electron chi connectivity index (χ4n) is 5.01. The maximum atomic E-state index is 14.0. The molecule has 3 heterocycles. The number of benzene rings is 2. The van der Waals surface area contributed by atoms with Gasteiger partial charge in [0.25, 0.3) is 11.8 Å². The molecule has 0 saturated carbocycles. The van der Waals surface area contributed by atoms with Gasteiger partial charge in [-0.3, -0.25) is 9.59 Å². The second-order valence-corrected chi connectivity index (χ2v) is 9.41. The number of H-pyrrole nitrogens is 1. The van der Waals surface area contributed by atoms with Gasteiger partial charge in [-0.15, -0.1) is 0 Å². The number of nitrogens with one attached hydrogen (secondary N) is 2. The fraction of sp³-hybridized carbons (Fsp3) is 0.346. The van der Waals surface area contributed by atoms with Crippen LogP contribution in [0.15, 0.2) is 42.5 Å². The van der Waals surface area contributed by atoms with Crippen LogP contribution in [0.5, 0.6) is 5.75 Å². The van der Waals surface area contributed by atoms with Crippen molar-refractivity contribution in [3.8, 4) is 5.75 Å². The average molecular weight is 461 g/mol. The maximum absolute atomic E-state index is 14.0. The zero-order chi connectivity index (χ0) is 24.2. The lowest BCUT2D eigenvalue weighted by molar-refractivity contribution is -0.125. The Labute approximate surface area is 197 Å². The molecule has 2 N–H and O–H groups in total. The van der Waals surface area contributed by atoms with Crippen LogP contribution in [0.3, 0.4) is 0 Å². The Kier molecular flexibility index (Phi) is 5.11. The largest absolute Gasteiger partial charge is 0.497 e. The molecule has 2 aliphatic rings. The monoisotopic (exact) mass is 460 g/mol. The van der Waals surface area contributed by atoms with Crippen molar-refractivity contribution in [1.29, 1.82) is 0 Å². The smallest absolute Gasteiger partial charge is 0.332 e. The molecule has 5 rings (SSSR count). The van der Waals surface area contributed by atoms with E-state index in [0.717, 1.165) is 27.1 Å². The number of ether oxygens (including phenoxy) is 1. The zero-order valence-electron chi connectivity index (χ0n) is 19.8. The Balaban J connectivity index is 1.59. The van der Waals surface area contributed by atoms with Gasteiger partial charge in [0.05, 0.1) is 24.1 Å². The van der Waals surface area contributed by atoms with Crippen LogP contribution in [-0.4, -0.2) is 47.9 Å². The lowest BCUT2D eigenvalue weighted by Crippen LogP contribution is -2.49. The summed E-state index contributed by atoms with van der Waals surface area (Å²) in [6.07, 6.45) is 0.613. The van der Waals surface area contributed by atoms with Gasteiger partial charge in [-0.05, 0) is 55.2 Å². The summed E-state index contributed by atoms with van der Waals surface area (Å²) < 4.78 is 5.39. The molecule has 4 amide bonds. The van der Waals surface area contributed by atoms with E-state index in [9.17, 15) is 14.4 Å². The minimum atomic E-state index is -1.20. The number of anilines is 1. The second kappa shape index (κ2) is 7.90. The molecule has 1 atom stereocenters. The number of hydrogen-bond donors (Lipinski definition) is 2. The van der Waals surface area contributed by atoms with E-state index >= 15 is 0 Å². The molecule has 34 heavy (non-hydrogen) atoms. The molecular formula is C26H28N4O4. The minimum Gasteiger partial charge on any atom is -0.497 e. The van der Waals surface area contributed by atoms with E-state index in [1.807, 2.05) is 32.0 Å². The average Bonchev–Trinajstić information content (AvgIpc) is 3.30. The molecule has 176 valence electrons. The topological polar surface area (TPSA) is 94.7 Å². The number of aromatic amines is 1. The number of imide groups is 1. The number of rotatable bonds is 5. The van der Waals surface area contributed by atoms with Gasteiger partial charge in [0.1, 0.15) is 5.75 Å². The summed E-state index contributed by atoms with van der Waals surface area (Å²) in [7, 11) is 1.62. The highest BCUT2D eigenvalue weighted by atomic mass is 16.5. The summed E-state index contributed by atoms with van der Waals surface area (Å²) in [5.41, 5.74) is 2.02. The Hall–Kier alpha value is -3.81. The molecule has 2 aromatic carbocycles. The Bertz CT molecular complexity index is 1330. The predicted molar refractivity (Wildman–Crippen MR) is 129 cm³/mol. The van der Waals surface area contributed by atoms with Crippen LogP contribution < -0.4 is 15.0 Å². The molecule has 0 bridgehead atoms. The first kappa shape index (κ1) is 22.0. The standard InChI is InChI=1S/C26H28N4O4/c1-15(2)14-27-23(31)18-7-5-6-8-21(18)30-24(32)26(3)22-17(11-12-29(26)25(30)33)19-13-16(34-4)9-10-20(19)28-22/h5-10,13,15,28H,11-12,14H2,1-4H3,(H,27,31)/t26-/m0/s1. The van der Waals surface area contributed by atoms with E-state index in [-0.39, 0.29) is 17.7 Å². The minimum absolute atomic E-state index is 0.276. The first-order valence-electron chi connectivity index (χ1n) is 11.5. The number of methoxy groups -OCH3 is 1. The Morgan fingerprint density at radius 1 is 1.21 bits per heavy atom. The molecule has 2 aliphatic heterocycles. The fourth-order valence-corrected chi connectivity index (χ4v) is 5.01. The highest BCUT2D eigenvalue weighted by molar-refractivity contribution is 6.25. The van der Waals surface area contributed by atoms with Crippen molar-refractivity contribution in [2.24, 2.45) is 5.92 Å². The van der Waals surface area contributed by atoms with Crippen LogP contribution >= 0.6 is 0 Å². The molecule has 8 nitrogen and oxygen atoms in total. The van der Waals surface area contributed by atoms with Gasteiger partial charge < -0.3 is 19.9 Å². The number of nitrogens with zero attached hydrogens (tertiary/aromatic N) is 2. The third-order valence-corrected chi connectivity index (χ3v) is 6.83. The summed E-state index contributed by atoms with van der Waals surface area (Å²) in [6, 6.07) is 12.1. The van der Waals surface area contributed by atoms with E-state index in [1.165, 1.54) is 0 Å². The third kappa shape index (κ3) is 3.09. The van der Waals surface area contributed by atoms with Gasteiger partial charge in [-0.25, -0.2) is 9.69 Å². The van der Waals surface area contributed by atoms with Crippen LogP contribution in [0, 0.1) is 5.92 Å². The second-order valence-electron chi connectivity index (χ2n) is 9.41. The molecule has 0 unspecified atom stereocenters. The van der Waals surface area contributed by atoms with Crippen LogP contribution in [0.2, 0.25) is 0 Å². The Morgan fingerprint density at radius 2 is 1.97 bits per heavy atom. The lowest BCUT2D eigenvalue weighted by atomic mass is 9.87. The van der Waals surface area contributed by atoms with Gasteiger partial charge in [-0.1, -0.05) is 26.0 Å². The first-order chi connectivity index (χ1) is 16.3. The molecule has 0 aliphatic carbocycles. The zero-order valence-corrected chi connectivity index (χ0v) is 19.8. The van der Waals surface area contributed by atoms with Crippen molar-refractivity contribution in [1.82, 2.24) is 15.2 Å². The third-order valence-electron chi connectivity index (χ3n) is 6.83. The van der Waals surface area contributed by atoms with E-state index in [2.05, 4.69) is 10.3 Å². The molecule has 1 saturated heterocycles. The molecule has 8 heteroatoms. The number of fused-ring (bicyclic) bond motifs is 5. The summed E-state index contributed by atoms with van der Waals surface area (Å²) >= 11 is 0. The van der Waals surface area contributed by atoms with E-state index in [4.69, 9.17) is 4.74 Å². The molecule has 1 aromatic heterocycles. The molecule has 1 fully saturated rings. The highest BCUT2D eigenvalue weighted by Gasteiger charge is 2.59. The molecule has 0 radical (unpaired) electrons. The summed E-state index contributed by atoms with van der Waals surface area (Å²) in [5, 5.41) is 3.88. The highest BCUT2D eigenvalue weighted by Crippen LogP contribution is 2.46. The number of para-hydroxylation sites is 1. The van der Waals surface area contributed by atoms with Crippen molar-refractivity contribution in [3.05, 3.63) is 59.3 Å². The first-order valence-corrected chi connectivity index (χ1v) is 11.5. The van der Waals surface area contributed by atoms with Crippen LogP contribution in [-0.2, 0) is 16.8 Å². The number of carbonyl (C=O) groups excluding carboxylic acids is 3. The number of hydrogen-bond acceptors (Lipinski definition) is 4. The molecule has 0 spiro atoms. The van der Waals surface area contributed by atoms with E-state index in [1.54, 1.807) is 43.2 Å². The van der Waals surface area contributed by atoms with Gasteiger partial charge in [0.15, 0.2) is 5.54 Å². The normalized spacial score (nSPS) is 19.6. The van der Waals surface area contributed by atoms with Gasteiger partial charge >= 0.3 is 6.03 Å². The van der Waals surface area contributed by atoms with Gasteiger partial charge in [-0.2, -0.15) is 0 Å². The van der Waals surface area contributed by atoms with Gasteiger partial charge in [0, 0.05) is 24.0 Å². The lowest BCUT2D eigenvalue weighted by Gasteiger charge is -2.35. The summed E-state index contributed by atoms with van der Waals surface area (Å²) in [6.45, 7) is 6.69. The summed E-state index contributed by atoms with van der Waals surface area (Å²) in [5.74, 6) is 0.330. The van der Waals surface area contributed by atoms with Gasteiger partial charge in [0.2, 0.25) is 0 Å². The number of aromatic nitrogens is 1. The van der Waals surface area contributed by atoms with Crippen LogP contribution in [0.4, 0.5) is 10.5 Å². The van der Waals surface area contributed by atoms with Crippen molar-refractivity contribution < 1.29 is 19.1 Å². The maximum Gasteiger partial charge on any atom is 0.332 e. The molecular weight excluding hydrogens is 432 g/mol. The number of amides is 4. The van der Waals surface area contributed by atoms with Crippen molar-refractivity contribution >= 4 is 34.4 Å². The van der Waals surface area contributed by atoms with Crippen molar-refractivity contribution in [2.75, 3.05) is 25.1 Å².